The Morgan fingerprint density at radius 3 is 2.54 bits per heavy atom. The van der Waals surface area contributed by atoms with Gasteiger partial charge in [0.1, 0.15) is 0 Å². The maximum Gasteiger partial charge on any atom is 0.338 e. The molecule has 4 rings (SSSR count). The molecule has 0 amide bonds. The fourth-order valence-corrected chi connectivity index (χ4v) is 5.13. The minimum atomic E-state index is -0.818. The minimum absolute atomic E-state index is 0.133. The maximum absolute atomic E-state index is 13.7. The molecule has 0 aliphatic carbocycles. The molecule has 0 radical (unpaired) electrons. The summed E-state index contributed by atoms with van der Waals surface area (Å²) >= 11 is 1.24. The molecule has 2 aromatic carbocycles. The number of carbonyl (C=O) groups is 2. The van der Waals surface area contributed by atoms with Gasteiger partial charge < -0.3 is 14.2 Å². The lowest BCUT2D eigenvalue weighted by Gasteiger charge is -2.25. The number of fused-ring (bicyclic) bond motifs is 1. The summed E-state index contributed by atoms with van der Waals surface area (Å²) < 4.78 is 18.3. The Morgan fingerprint density at radius 2 is 1.87 bits per heavy atom. The van der Waals surface area contributed by atoms with Crippen molar-refractivity contribution < 1.29 is 23.8 Å². The summed E-state index contributed by atoms with van der Waals surface area (Å²) in [6.07, 6.45) is 5.47. The topological polar surface area (TPSA) is 96.2 Å². The van der Waals surface area contributed by atoms with Crippen molar-refractivity contribution in [1.29, 1.82) is 0 Å². The normalized spacial score (nSPS) is 15.3. The van der Waals surface area contributed by atoms with E-state index in [-0.39, 0.29) is 29.4 Å². The number of methoxy groups -OCH3 is 1. The molecule has 0 bridgehead atoms. The van der Waals surface area contributed by atoms with Crippen LogP contribution in [0.5, 0.6) is 11.5 Å². The van der Waals surface area contributed by atoms with Gasteiger partial charge in [0.2, 0.25) is 0 Å². The van der Waals surface area contributed by atoms with Gasteiger partial charge in [-0.05, 0) is 42.2 Å². The van der Waals surface area contributed by atoms with Crippen LogP contribution >= 0.6 is 11.3 Å². The predicted octanol–water partition coefficient (Wildman–Crippen LogP) is 4.03. The first kappa shape index (κ1) is 27.8. The average Bonchev–Trinajstić information content (AvgIpc) is 3.21. The van der Waals surface area contributed by atoms with Gasteiger partial charge >= 0.3 is 11.9 Å². The molecule has 9 heteroatoms. The molecule has 0 saturated carbocycles. The summed E-state index contributed by atoms with van der Waals surface area (Å²) in [5.41, 5.74) is 2.03. The smallest absolute Gasteiger partial charge is 0.338 e. The van der Waals surface area contributed by atoms with E-state index in [0.717, 1.165) is 5.56 Å². The van der Waals surface area contributed by atoms with Crippen molar-refractivity contribution >= 4 is 35.4 Å². The second kappa shape index (κ2) is 12.1. The quantitative estimate of drug-likeness (QED) is 0.313. The molecule has 3 aromatic rings. The van der Waals surface area contributed by atoms with Crippen molar-refractivity contribution in [2.45, 2.75) is 33.7 Å². The van der Waals surface area contributed by atoms with Gasteiger partial charge in [-0.3, -0.25) is 14.2 Å². The summed E-state index contributed by atoms with van der Waals surface area (Å²) in [7, 11) is 1.45. The lowest BCUT2D eigenvalue weighted by molar-refractivity contribution is -0.140. The molecule has 1 atom stereocenters. The number of ether oxygens (including phenoxy) is 3. The molecule has 39 heavy (non-hydrogen) atoms. The number of rotatable bonds is 8. The van der Waals surface area contributed by atoms with Crippen LogP contribution in [0, 0.1) is 5.92 Å². The Labute approximate surface area is 230 Å². The van der Waals surface area contributed by atoms with E-state index in [2.05, 4.69) is 4.99 Å². The zero-order valence-corrected chi connectivity index (χ0v) is 23.3. The van der Waals surface area contributed by atoms with Crippen LogP contribution in [-0.2, 0) is 14.3 Å². The number of thiazole rings is 1. The van der Waals surface area contributed by atoms with E-state index in [1.165, 1.54) is 29.9 Å². The van der Waals surface area contributed by atoms with Gasteiger partial charge in [-0.1, -0.05) is 73.7 Å². The highest BCUT2D eigenvalue weighted by Gasteiger charge is 2.34. The van der Waals surface area contributed by atoms with E-state index in [1.807, 2.05) is 56.3 Å². The summed E-state index contributed by atoms with van der Waals surface area (Å²) in [5, 5.41) is 0. The summed E-state index contributed by atoms with van der Waals surface area (Å²) in [4.78, 5) is 43.7. The molecule has 0 saturated heterocycles. The molecule has 0 N–H and O–H groups in total. The molecule has 202 valence electrons. The van der Waals surface area contributed by atoms with Crippen LogP contribution in [0.2, 0.25) is 0 Å². The largest absolute Gasteiger partial charge is 0.493 e. The first-order valence-electron chi connectivity index (χ1n) is 12.5. The fourth-order valence-electron chi connectivity index (χ4n) is 4.14. The lowest BCUT2D eigenvalue weighted by Crippen LogP contribution is -2.40. The van der Waals surface area contributed by atoms with Gasteiger partial charge in [0.25, 0.3) is 5.56 Å². The monoisotopic (exact) mass is 546 g/mol. The van der Waals surface area contributed by atoms with Crippen LogP contribution < -0.4 is 24.4 Å². The van der Waals surface area contributed by atoms with E-state index in [0.29, 0.717) is 26.3 Å². The number of aromatic nitrogens is 1. The Morgan fingerprint density at radius 1 is 1.13 bits per heavy atom. The third-order valence-corrected chi connectivity index (χ3v) is 6.88. The molecular formula is C30H30N2O6S. The van der Waals surface area contributed by atoms with E-state index < -0.39 is 18.0 Å². The SMILES string of the molecule is COc1cc([C@H]2C(C(=O)OCC(C)C)=C(C)N=c3s/c(=C/C=C/c4ccccc4)c(=O)n32)ccc1OC(C)=O. The van der Waals surface area contributed by atoms with E-state index in [1.54, 1.807) is 31.2 Å². The molecular weight excluding hydrogens is 516 g/mol. The number of esters is 2. The Kier molecular flexibility index (Phi) is 8.61. The van der Waals surface area contributed by atoms with Crippen LogP contribution in [0.1, 0.15) is 44.9 Å². The number of hydrogen-bond acceptors (Lipinski definition) is 8. The van der Waals surface area contributed by atoms with E-state index in [4.69, 9.17) is 14.2 Å². The van der Waals surface area contributed by atoms with Crippen LogP contribution in [0.4, 0.5) is 0 Å². The van der Waals surface area contributed by atoms with E-state index >= 15 is 0 Å². The van der Waals surface area contributed by atoms with Gasteiger partial charge in [0.05, 0.1) is 35.6 Å². The number of nitrogens with zero attached hydrogens (tertiary/aromatic N) is 2. The standard InChI is InChI=1S/C30H30N2O6S/c1-18(2)17-37-29(35)26-19(3)31-30-32(27(26)22-14-15-23(38-20(4)33)24(16-22)36-5)28(34)25(39-30)13-9-12-21-10-7-6-8-11-21/h6-16,18,27H,17H2,1-5H3/b12-9+,25-13+/t27-/m0/s1. The number of allylic oxidation sites excluding steroid dienone is 2. The lowest BCUT2D eigenvalue weighted by atomic mass is 9.95. The first-order chi connectivity index (χ1) is 18.7. The van der Waals surface area contributed by atoms with E-state index in [9.17, 15) is 14.4 Å². The predicted molar refractivity (Wildman–Crippen MR) is 150 cm³/mol. The van der Waals surface area contributed by atoms with Crippen LogP contribution in [0.15, 0.2) is 75.7 Å². The van der Waals surface area contributed by atoms with Crippen molar-refractivity contribution in [2.24, 2.45) is 10.9 Å². The second-order valence-electron chi connectivity index (χ2n) is 9.37. The van der Waals surface area contributed by atoms with Crippen LogP contribution in [0.3, 0.4) is 0 Å². The van der Waals surface area contributed by atoms with Gasteiger partial charge in [-0.2, -0.15) is 0 Å². The van der Waals surface area contributed by atoms with Crippen LogP contribution in [-0.4, -0.2) is 30.2 Å². The van der Waals surface area contributed by atoms with Crippen LogP contribution in [0.25, 0.3) is 12.2 Å². The zero-order chi connectivity index (χ0) is 28.1. The third-order valence-electron chi connectivity index (χ3n) is 5.88. The van der Waals surface area contributed by atoms with Gasteiger partial charge in [-0.25, -0.2) is 9.79 Å². The molecule has 1 aliphatic heterocycles. The molecule has 1 aromatic heterocycles. The highest BCUT2D eigenvalue weighted by atomic mass is 32.1. The molecule has 0 spiro atoms. The van der Waals surface area contributed by atoms with Crippen molar-refractivity contribution in [3.63, 3.8) is 0 Å². The summed E-state index contributed by atoms with van der Waals surface area (Å²) in [6.45, 7) is 7.15. The van der Waals surface area contributed by atoms with Gasteiger partial charge in [-0.15, -0.1) is 0 Å². The Hall–Kier alpha value is -4.24. The molecule has 0 fully saturated rings. The van der Waals surface area contributed by atoms with Crippen molar-refractivity contribution in [1.82, 2.24) is 4.57 Å². The Balaban J connectivity index is 1.86. The number of benzene rings is 2. The molecule has 2 heterocycles. The highest BCUT2D eigenvalue weighted by Crippen LogP contribution is 2.36. The fraction of sp³-hybridized carbons (Fsp3) is 0.267. The number of hydrogen-bond donors (Lipinski definition) is 0. The van der Waals surface area contributed by atoms with Crippen molar-refractivity contribution in [3.05, 3.63) is 96.7 Å². The zero-order valence-electron chi connectivity index (χ0n) is 22.5. The number of carbonyl (C=O) groups excluding carboxylic acids is 2. The molecule has 0 unspecified atom stereocenters. The highest BCUT2D eigenvalue weighted by molar-refractivity contribution is 7.07. The Bertz CT molecular complexity index is 1630. The third kappa shape index (κ3) is 6.26. The minimum Gasteiger partial charge on any atom is -0.493 e. The summed E-state index contributed by atoms with van der Waals surface area (Å²) in [6, 6.07) is 13.9. The molecule has 8 nitrogen and oxygen atoms in total. The summed E-state index contributed by atoms with van der Waals surface area (Å²) in [5.74, 6) is -0.381. The first-order valence-corrected chi connectivity index (χ1v) is 13.3. The van der Waals surface area contributed by atoms with Gasteiger partial charge in [0.15, 0.2) is 16.3 Å². The van der Waals surface area contributed by atoms with Gasteiger partial charge in [0, 0.05) is 6.92 Å². The molecule has 1 aliphatic rings. The van der Waals surface area contributed by atoms with Crippen molar-refractivity contribution in [3.8, 4) is 11.5 Å². The maximum atomic E-state index is 13.7. The second-order valence-corrected chi connectivity index (χ2v) is 10.4. The van der Waals surface area contributed by atoms with Crippen molar-refractivity contribution in [2.75, 3.05) is 13.7 Å². The average molecular weight is 547 g/mol.